The van der Waals surface area contributed by atoms with Gasteiger partial charge in [0.2, 0.25) is 17.7 Å². The van der Waals surface area contributed by atoms with E-state index >= 15 is 0 Å². The molecule has 7 heteroatoms. The molecular weight excluding hydrogens is 428 g/mol. The Morgan fingerprint density at radius 3 is 2.29 bits per heavy atom. The molecule has 1 fully saturated rings. The van der Waals surface area contributed by atoms with Crippen molar-refractivity contribution in [1.29, 1.82) is 0 Å². The molecule has 0 radical (unpaired) electrons. The van der Waals surface area contributed by atoms with E-state index in [2.05, 4.69) is 10.2 Å². The first kappa shape index (κ1) is 25.4. The number of carbonyl (C=O) groups is 3. The summed E-state index contributed by atoms with van der Waals surface area (Å²) in [5.41, 5.74) is 4.04. The third-order valence-corrected chi connectivity index (χ3v) is 6.48. The van der Waals surface area contributed by atoms with Crippen molar-refractivity contribution in [3.8, 4) is 0 Å². The van der Waals surface area contributed by atoms with E-state index in [9.17, 15) is 14.4 Å². The van der Waals surface area contributed by atoms with E-state index in [-0.39, 0.29) is 30.3 Å². The van der Waals surface area contributed by atoms with Crippen LogP contribution in [-0.4, -0.2) is 78.2 Å². The molecule has 1 aliphatic rings. The van der Waals surface area contributed by atoms with Gasteiger partial charge in [0.05, 0.1) is 19.0 Å². The Morgan fingerprint density at radius 1 is 1.00 bits per heavy atom. The number of amides is 3. The van der Waals surface area contributed by atoms with Crippen molar-refractivity contribution in [2.24, 2.45) is 0 Å². The molecule has 182 valence electrons. The van der Waals surface area contributed by atoms with Gasteiger partial charge in [0.25, 0.3) is 0 Å². The van der Waals surface area contributed by atoms with Crippen LogP contribution in [0.15, 0.2) is 48.5 Å². The number of rotatable bonds is 8. The third kappa shape index (κ3) is 6.67. The van der Waals surface area contributed by atoms with E-state index < -0.39 is 0 Å². The maximum absolute atomic E-state index is 13.0. The molecule has 0 bridgehead atoms. The van der Waals surface area contributed by atoms with Crippen LogP contribution in [0.5, 0.6) is 0 Å². The minimum atomic E-state index is -0.352. The second-order valence-electron chi connectivity index (χ2n) is 9.01. The Bertz CT molecular complexity index is 997. The van der Waals surface area contributed by atoms with Gasteiger partial charge in [-0.05, 0) is 37.5 Å². The standard InChI is InChI=1S/C27H36N4O3/c1-5-23-8-6-7-9-24(23)28-25(32)19-29(4)27(34)21(3)30-14-16-31(17-15-30)26(33)18-22-12-10-20(2)11-13-22/h6-13,21H,5,14-19H2,1-4H3,(H,28,32). The fourth-order valence-corrected chi connectivity index (χ4v) is 4.26. The molecule has 1 heterocycles. The Labute approximate surface area is 202 Å². The Hall–Kier alpha value is -3.19. The summed E-state index contributed by atoms with van der Waals surface area (Å²) in [7, 11) is 1.66. The van der Waals surface area contributed by atoms with Crippen molar-refractivity contribution < 1.29 is 14.4 Å². The third-order valence-electron chi connectivity index (χ3n) is 6.48. The van der Waals surface area contributed by atoms with Crippen LogP contribution in [0.1, 0.15) is 30.5 Å². The van der Waals surface area contributed by atoms with Crippen molar-refractivity contribution in [2.75, 3.05) is 45.1 Å². The van der Waals surface area contributed by atoms with Crippen molar-refractivity contribution >= 4 is 23.4 Å². The van der Waals surface area contributed by atoms with Gasteiger partial charge in [-0.25, -0.2) is 0 Å². The highest BCUT2D eigenvalue weighted by Gasteiger charge is 2.29. The van der Waals surface area contributed by atoms with Crippen LogP contribution in [0.25, 0.3) is 0 Å². The summed E-state index contributed by atoms with van der Waals surface area (Å²) in [5, 5.41) is 2.92. The zero-order valence-electron chi connectivity index (χ0n) is 20.7. The molecule has 1 unspecified atom stereocenters. The fourth-order valence-electron chi connectivity index (χ4n) is 4.26. The van der Waals surface area contributed by atoms with Crippen molar-refractivity contribution in [3.63, 3.8) is 0 Å². The Kier molecular flexibility index (Phi) is 8.82. The zero-order chi connectivity index (χ0) is 24.7. The quantitative estimate of drug-likeness (QED) is 0.652. The summed E-state index contributed by atoms with van der Waals surface area (Å²) in [6, 6.07) is 15.4. The van der Waals surface area contributed by atoms with Gasteiger partial charge in [-0.1, -0.05) is 55.0 Å². The molecule has 1 saturated heterocycles. The summed E-state index contributed by atoms with van der Waals surface area (Å²) in [4.78, 5) is 43.6. The highest BCUT2D eigenvalue weighted by atomic mass is 16.2. The lowest BCUT2D eigenvalue weighted by Crippen LogP contribution is -2.55. The summed E-state index contributed by atoms with van der Waals surface area (Å²) >= 11 is 0. The number of nitrogens with zero attached hydrogens (tertiary/aromatic N) is 3. The van der Waals surface area contributed by atoms with Crippen LogP contribution in [0.4, 0.5) is 5.69 Å². The van der Waals surface area contributed by atoms with Crippen molar-refractivity contribution in [2.45, 2.75) is 39.7 Å². The molecule has 3 rings (SSSR count). The zero-order valence-corrected chi connectivity index (χ0v) is 20.7. The lowest BCUT2D eigenvalue weighted by atomic mass is 10.1. The first-order valence-electron chi connectivity index (χ1n) is 12.0. The van der Waals surface area contributed by atoms with Crippen LogP contribution < -0.4 is 5.32 Å². The first-order chi connectivity index (χ1) is 16.3. The maximum Gasteiger partial charge on any atom is 0.243 e. The van der Waals surface area contributed by atoms with E-state index in [1.165, 1.54) is 10.5 Å². The van der Waals surface area contributed by atoms with Crippen LogP contribution in [0, 0.1) is 6.92 Å². The Balaban J connectivity index is 1.46. The molecule has 0 saturated carbocycles. The number of likely N-dealkylation sites (N-methyl/N-ethyl adjacent to an activating group) is 1. The summed E-state index contributed by atoms with van der Waals surface area (Å²) in [6.45, 7) is 8.40. The molecule has 1 aliphatic heterocycles. The van der Waals surface area contributed by atoms with Gasteiger partial charge in [0, 0.05) is 38.9 Å². The van der Waals surface area contributed by atoms with E-state index in [0.717, 1.165) is 23.2 Å². The summed E-state index contributed by atoms with van der Waals surface area (Å²) < 4.78 is 0. The number of hydrogen-bond acceptors (Lipinski definition) is 4. The molecule has 2 aromatic carbocycles. The second kappa shape index (κ2) is 11.8. The van der Waals surface area contributed by atoms with Gasteiger partial charge in [-0.2, -0.15) is 0 Å². The molecule has 1 atom stereocenters. The minimum absolute atomic E-state index is 0.00375. The van der Waals surface area contributed by atoms with Gasteiger partial charge in [-0.3, -0.25) is 19.3 Å². The number of para-hydroxylation sites is 1. The average molecular weight is 465 g/mol. The number of aryl methyl sites for hydroxylation is 2. The molecule has 2 aromatic rings. The average Bonchev–Trinajstić information content (AvgIpc) is 2.84. The van der Waals surface area contributed by atoms with Gasteiger partial charge in [0.1, 0.15) is 0 Å². The molecule has 7 nitrogen and oxygen atoms in total. The van der Waals surface area contributed by atoms with E-state index in [1.807, 2.05) is 74.2 Å². The SMILES string of the molecule is CCc1ccccc1NC(=O)CN(C)C(=O)C(C)N1CCN(C(=O)Cc2ccc(C)cc2)CC1. The molecule has 0 aliphatic carbocycles. The van der Waals surface area contributed by atoms with E-state index in [4.69, 9.17) is 0 Å². The van der Waals surface area contributed by atoms with Crippen LogP contribution >= 0.6 is 0 Å². The van der Waals surface area contributed by atoms with Crippen LogP contribution in [0.3, 0.4) is 0 Å². The topological polar surface area (TPSA) is 73.0 Å². The van der Waals surface area contributed by atoms with E-state index in [1.54, 1.807) is 7.05 Å². The largest absolute Gasteiger partial charge is 0.340 e. The number of hydrogen-bond donors (Lipinski definition) is 1. The molecular formula is C27H36N4O3. The molecule has 0 spiro atoms. The number of anilines is 1. The normalized spacial score (nSPS) is 15.0. The number of benzene rings is 2. The first-order valence-corrected chi connectivity index (χ1v) is 12.0. The molecule has 0 aromatic heterocycles. The Morgan fingerprint density at radius 2 is 1.65 bits per heavy atom. The highest BCUT2D eigenvalue weighted by molar-refractivity contribution is 5.95. The summed E-state index contributed by atoms with van der Waals surface area (Å²) in [5.74, 6) is -0.197. The smallest absolute Gasteiger partial charge is 0.243 e. The van der Waals surface area contributed by atoms with Crippen molar-refractivity contribution in [3.05, 3.63) is 65.2 Å². The lowest BCUT2D eigenvalue weighted by molar-refractivity contribution is -0.139. The second-order valence-corrected chi connectivity index (χ2v) is 9.01. The number of piperazine rings is 1. The predicted molar refractivity (Wildman–Crippen MR) is 135 cm³/mol. The van der Waals surface area contributed by atoms with Crippen LogP contribution in [-0.2, 0) is 27.2 Å². The van der Waals surface area contributed by atoms with Gasteiger partial charge in [0.15, 0.2) is 0 Å². The molecule has 34 heavy (non-hydrogen) atoms. The maximum atomic E-state index is 13.0. The minimum Gasteiger partial charge on any atom is -0.340 e. The summed E-state index contributed by atoms with van der Waals surface area (Å²) in [6.07, 6.45) is 1.22. The molecule has 3 amide bonds. The van der Waals surface area contributed by atoms with E-state index in [0.29, 0.717) is 32.6 Å². The number of carbonyl (C=O) groups excluding carboxylic acids is 3. The van der Waals surface area contributed by atoms with Gasteiger partial charge < -0.3 is 15.1 Å². The molecule has 1 N–H and O–H groups in total. The fraction of sp³-hybridized carbons (Fsp3) is 0.444. The predicted octanol–water partition coefficient (Wildman–Crippen LogP) is 2.73. The van der Waals surface area contributed by atoms with Crippen LogP contribution in [0.2, 0.25) is 0 Å². The van der Waals surface area contributed by atoms with Crippen molar-refractivity contribution in [1.82, 2.24) is 14.7 Å². The number of nitrogens with one attached hydrogen (secondary N) is 1. The lowest BCUT2D eigenvalue weighted by Gasteiger charge is -2.38. The van der Waals surface area contributed by atoms with Gasteiger partial charge >= 0.3 is 0 Å². The van der Waals surface area contributed by atoms with Gasteiger partial charge in [-0.15, -0.1) is 0 Å². The highest BCUT2D eigenvalue weighted by Crippen LogP contribution is 2.16. The monoisotopic (exact) mass is 464 g/mol.